The summed E-state index contributed by atoms with van der Waals surface area (Å²) >= 11 is 0. The average molecular weight is 272 g/mol. The number of ketones is 1. The maximum atomic E-state index is 13.0. The zero-order valence-electron chi connectivity index (χ0n) is 12.3. The second-order valence-corrected chi connectivity index (χ2v) is 6.19. The van der Waals surface area contributed by atoms with Gasteiger partial charge >= 0.3 is 0 Å². The van der Waals surface area contributed by atoms with Crippen LogP contribution in [0, 0.1) is 11.8 Å². The molecular weight excluding hydrogens is 248 g/mol. The Hall–Kier alpha value is -1.31. The summed E-state index contributed by atoms with van der Waals surface area (Å²) in [5.74, 6) is 2.35. The molecule has 3 atom stereocenters. The number of benzene rings is 1. The number of carbonyl (C=O) groups excluding carboxylic acids is 1. The Morgan fingerprint density at radius 3 is 2.85 bits per heavy atom. The third-order valence-electron chi connectivity index (χ3n) is 5.10. The first-order valence-corrected chi connectivity index (χ1v) is 8.06. The smallest absolute Gasteiger partial charge is 0.143 e. The molecule has 1 heterocycles. The monoisotopic (exact) mass is 272 g/mol. The van der Waals surface area contributed by atoms with E-state index >= 15 is 0 Å². The van der Waals surface area contributed by atoms with Crippen molar-refractivity contribution in [1.82, 2.24) is 0 Å². The van der Waals surface area contributed by atoms with Crippen LogP contribution in [-0.2, 0) is 4.79 Å². The largest absolute Gasteiger partial charge is 0.493 e. The zero-order chi connectivity index (χ0) is 13.9. The third-order valence-corrected chi connectivity index (χ3v) is 5.10. The molecule has 0 spiro atoms. The van der Waals surface area contributed by atoms with Crippen molar-refractivity contribution < 1.29 is 9.53 Å². The Labute approximate surface area is 121 Å². The van der Waals surface area contributed by atoms with E-state index in [1.165, 1.54) is 19.3 Å². The topological polar surface area (TPSA) is 26.3 Å². The Kier molecular flexibility index (Phi) is 4.09. The summed E-state index contributed by atoms with van der Waals surface area (Å²) in [7, 11) is 0. The molecule has 108 valence electrons. The highest BCUT2D eigenvalue weighted by Crippen LogP contribution is 2.41. The van der Waals surface area contributed by atoms with Gasteiger partial charge in [-0.25, -0.2) is 0 Å². The summed E-state index contributed by atoms with van der Waals surface area (Å²) in [6, 6.07) is 8.07. The van der Waals surface area contributed by atoms with Gasteiger partial charge in [0.15, 0.2) is 0 Å². The first-order valence-electron chi connectivity index (χ1n) is 8.06. The van der Waals surface area contributed by atoms with Gasteiger partial charge in [-0.15, -0.1) is 0 Å². The number of hydrogen-bond acceptors (Lipinski definition) is 2. The molecule has 2 nitrogen and oxygen atoms in total. The van der Waals surface area contributed by atoms with Gasteiger partial charge in [0.25, 0.3) is 0 Å². The van der Waals surface area contributed by atoms with Gasteiger partial charge in [0.2, 0.25) is 0 Å². The number of carbonyl (C=O) groups is 1. The Bertz CT molecular complexity index is 480. The zero-order valence-corrected chi connectivity index (χ0v) is 12.3. The van der Waals surface area contributed by atoms with Gasteiger partial charge in [-0.2, -0.15) is 0 Å². The number of fused-ring (bicyclic) bond motifs is 1. The molecule has 1 aliphatic heterocycles. The van der Waals surface area contributed by atoms with Crippen LogP contribution in [0.25, 0.3) is 0 Å². The lowest BCUT2D eigenvalue weighted by Gasteiger charge is -2.34. The van der Waals surface area contributed by atoms with Crippen LogP contribution in [-0.4, -0.2) is 12.4 Å². The third kappa shape index (κ3) is 2.48. The molecule has 0 radical (unpaired) electrons. The number of hydrogen-bond donors (Lipinski definition) is 0. The first-order chi connectivity index (χ1) is 9.81. The van der Waals surface area contributed by atoms with Crippen LogP contribution in [0.1, 0.15) is 56.9 Å². The van der Waals surface area contributed by atoms with Crippen LogP contribution in [0.3, 0.4) is 0 Å². The van der Waals surface area contributed by atoms with Crippen molar-refractivity contribution in [1.29, 1.82) is 0 Å². The molecule has 0 amide bonds. The Morgan fingerprint density at radius 2 is 2.00 bits per heavy atom. The second kappa shape index (κ2) is 5.99. The maximum Gasteiger partial charge on any atom is 0.143 e. The minimum absolute atomic E-state index is 0.0668. The van der Waals surface area contributed by atoms with Crippen molar-refractivity contribution >= 4 is 5.78 Å². The van der Waals surface area contributed by atoms with Gasteiger partial charge in [-0.3, -0.25) is 4.79 Å². The summed E-state index contributed by atoms with van der Waals surface area (Å²) in [5.41, 5.74) is 1.11. The van der Waals surface area contributed by atoms with Crippen molar-refractivity contribution in [2.45, 2.75) is 51.4 Å². The van der Waals surface area contributed by atoms with E-state index in [0.29, 0.717) is 18.3 Å². The lowest BCUT2D eigenvalue weighted by atomic mass is 9.71. The first kappa shape index (κ1) is 13.7. The van der Waals surface area contributed by atoms with E-state index in [1.807, 2.05) is 18.2 Å². The number of rotatable bonds is 3. The Morgan fingerprint density at radius 1 is 1.20 bits per heavy atom. The molecule has 0 saturated heterocycles. The summed E-state index contributed by atoms with van der Waals surface area (Å²) in [6.07, 6.45) is 6.84. The van der Waals surface area contributed by atoms with Crippen molar-refractivity contribution in [2.24, 2.45) is 11.8 Å². The molecule has 2 aliphatic rings. The van der Waals surface area contributed by atoms with Crippen molar-refractivity contribution in [3.63, 3.8) is 0 Å². The summed E-state index contributed by atoms with van der Waals surface area (Å²) < 4.78 is 5.69. The van der Waals surface area contributed by atoms with E-state index in [9.17, 15) is 4.79 Å². The van der Waals surface area contributed by atoms with Crippen LogP contribution in [0.2, 0.25) is 0 Å². The van der Waals surface area contributed by atoms with Crippen molar-refractivity contribution in [3.05, 3.63) is 29.8 Å². The molecule has 1 aromatic carbocycles. The highest BCUT2D eigenvalue weighted by Gasteiger charge is 2.36. The van der Waals surface area contributed by atoms with Gasteiger partial charge < -0.3 is 4.74 Å². The van der Waals surface area contributed by atoms with E-state index in [4.69, 9.17) is 4.74 Å². The molecule has 20 heavy (non-hydrogen) atoms. The Balaban J connectivity index is 1.84. The van der Waals surface area contributed by atoms with E-state index in [1.54, 1.807) is 0 Å². The average Bonchev–Trinajstić information content (AvgIpc) is 2.53. The molecule has 1 fully saturated rings. The predicted molar refractivity (Wildman–Crippen MR) is 80.0 cm³/mol. The van der Waals surface area contributed by atoms with Crippen LogP contribution in [0.15, 0.2) is 24.3 Å². The van der Waals surface area contributed by atoms with Gasteiger partial charge in [0, 0.05) is 17.4 Å². The van der Waals surface area contributed by atoms with Crippen LogP contribution in [0.4, 0.5) is 0 Å². The van der Waals surface area contributed by atoms with Crippen LogP contribution >= 0.6 is 0 Å². The minimum atomic E-state index is 0.0668. The molecule has 0 N–H and O–H groups in total. The highest BCUT2D eigenvalue weighted by molar-refractivity contribution is 5.89. The number of Topliss-reactive ketones (excluding diaryl/α,β-unsaturated/α-hetero) is 1. The van der Waals surface area contributed by atoms with Crippen LogP contribution in [0.5, 0.6) is 5.75 Å². The van der Waals surface area contributed by atoms with Gasteiger partial charge in [0.1, 0.15) is 11.5 Å². The van der Waals surface area contributed by atoms with E-state index in [-0.39, 0.29) is 11.8 Å². The molecule has 3 rings (SSSR count). The summed E-state index contributed by atoms with van der Waals surface area (Å²) in [4.78, 5) is 13.0. The highest BCUT2D eigenvalue weighted by atomic mass is 16.5. The predicted octanol–water partition coefficient (Wildman–Crippen LogP) is 4.34. The molecule has 1 saturated carbocycles. The SMILES string of the molecule is CCC1CCCCC1C(=O)C1CCOc2ccccc21. The molecule has 1 aliphatic carbocycles. The van der Waals surface area contributed by atoms with Crippen molar-refractivity contribution in [2.75, 3.05) is 6.61 Å². The molecule has 3 unspecified atom stereocenters. The second-order valence-electron chi connectivity index (χ2n) is 6.19. The fourth-order valence-corrected chi connectivity index (χ4v) is 3.97. The number of para-hydroxylation sites is 1. The normalized spacial score (nSPS) is 29.4. The lowest BCUT2D eigenvalue weighted by Crippen LogP contribution is -2.33. The van der Waals surface area contributed by atoms with E-state index in [2.05, 4.69) is 13.0 Å². The standard InChI is InChI=1S/C18H24O2/c1-2-13-7-3-4-8-14(13)18(19)16-11-12-20-17-10-6-5-9-15(16)17/h5-6,9-10,13-14,16H,2-4,7-8,11-12H2,1H3. The molecule has 0 aromatic heterocycles. The summed E-state index contributed by atoms with van der Waals surface area (Å²) in [6.45, 7) is 2.91. The lowest BCUT2D eigenvalue weighted by molar-refractivity contribution is -0.127. The molecule has 2 heteroatoms. The minimum Gasteiger partial charge on any atom is -0.493 e. The van der Waals surface area contributed by atoms with E-state index < -0.39 is 0 Å². The summed E-state index contributed by atoms with van der Waals surface area (Å²) in [5, 5.41) is 0. The fourth-order valence-electron chi connectivity index (χ4n) is 3.97. The van der Waals surface area contributed by atoms with Gasteiger partial charge in [-0.1, -0.05) is 44.4 Å². The fraction of sp³-hybridized carbons (Fsp3) is 0.611. The maximum absolute atomic E-state index is 13.0. The molecular formula is C18H24O2. The van der Waals surface area contributed by atoms with E-state index in [0.717, 1.165) is 30.6 Å². The number of ether oxygens (including phenoxy) is 1. The van der Waals surface area contributed by atoms with Crippen molar-refractivity contribution in [3.8, 4) is 5.75 Å². The van der Waals surface area contributed by atoms with Crippen LogP contribution < -0.4 is 4.74 Å². The van der Waals surface area contributed by atoms with Gasteiger partial charge in [0.05, 0.1) is 6.61 Å². The molecule has 1 aromatic rings. The quantitative estimate of drug-likeness (QED) is 0.818. The molecule has 0 bridgehead atoms. The van der Waals surface area contributed by atoms with Gasteiger partial charge in [-0.05, 0) is 31.2 Å².